The summed E-state index contributed by atoms with van der Waals surface area (Å²) in [4.78, 5) is 16.5. The molecule has 0 atom stereocenters. The lowest BCUT2D eigenvalue weighted by Gasteiger charge is -2.09. The minimum atomic E-state index is -0.497. The lowest BCUT2D eigenvalue weighted by atomic mass is 10.1. The van der Waals surface area contributed by atoms with Crippen LogP contribution in [0.25, 0.3) is 10.2 Å². The number of aromatic nitrogens is 1. The predicted octanol–water partition coefficient (Wildman–Crippen LogP) is 3.54. The first kappa shape index (κ1) is 11.9. The molecule has 1 heterocycles. The molecule has 3 rings (SSSR count). The van der Waals surface area contributed by atoms with E-state index in [1.54, 1.807) is 0 Å². The van der Waals surface area contributed by atoms with Gasteiger partial charge in [-0.3, -0.25) is 4.79 Å². The Hall–Kier alpha value is -1.13. The molecule has 1 aliphatic carbocycles. The second kappa shape index (κ2) is 4.21. The standard InChI is InChI=1S/C13H12ClNO2S/c1-2-17-12(16)13(6-7-13)11-15-9-5-3-4-8(14)10(9)18-11/h3-5H,2,6-7H2,1H3. The number of carbonyl (C=O) groups is 1. The average Bonchev–Trinajstić information content (AvgIpc) is 3.04. The molecule has 0 spiro atoms. The molecule has 1 aromatic carbocycles. The van der Waals surface area contributed by atoms with Gasteiger partial charge < -0.3 is 4.74 Å². The van der Waals surface area contributed by atoms with E-state index >= 15 is 0 Å². The van der Waals surface area contributed by atoms with E-state index in [2.05, 4.69) is 4.98 Å². The summed E-state index contributed by atoms with van der Waals surface area (Å²) in [5, 5.41) is 1.53. The molecule has 1 saturated carbocycles. The molecule has 0 bridgehead atoms. The average molecular weight is 282 g/mol. The molecule has 0 amide bonds. The van der Waals surface area contributed by atoms with E-state index < -0.39 is 5.41 Å². The van der Waals surface area contributed by atoms with Gasteiger partial charge in [0.1, 0.15) is 10.4 Å². The summed E-state index contributed by atoms with van der Waals surface area (Å²) in [5.74, 6) is -0.153. The van der Waals surface area contributed by atoms with Crippen LogP contribution in [-0.4, -0.2) is 17.6 Å². The summed E-state index contributed by atoms with van der Waals surface area (Å²) in [6.45, 7) is 2.23. The highest BCUT2D eigenvalue weighted by atomic mass is 35.5. The van der Waals surface area contributed by atoms with E-state index in [1.807, 2.05) is 25.1 Å². The molecule has 94 valence electrons. The maximum atomic E-state index is 12.0. The fraction of sp³-hybridized carbons (Fsp3) is 0.385. The first-order valence-corrected chi connectivity index (χ1v) is 7.09. The number of fused-ring (bicyclic) bond motifs is 1. The van der Waals surface area contributed by atoms with Crippen LogP contribution in [0, 0.1) is 0 Å². The topological polar surface area (TPSA) is 39.2 Å². The van der Waals surface area contributed by atoms with E-state index in [0.29, 0.717) is 11.6 Å². The smallest absolute Gasteiger partial charge is 0.319 e. The van der Waals surface area contributed by atoms with Gasteiger partial charge in [0.05, 0.1) is 21.8 Å². The third-order valence-electron chi connectivity index (χ3n) is 3.19. The predicted molar refractivity (Wildman–Crippen MR) is 72.2 cm³/mol. The molecule has 0 unspecified atom stereocenters. The maximum Gasteiger partial charge on any atom is 0.319 e. The Kier molecular flexibility index (Phi) is 2.79. The molecular weight excluding hydrogens is 270 g/mol. The zero-order chi connectivity index (χ0) is 12.8. The van der Waals surface area contributed by atoms with Crippen molar-refractivity contribution < 1.29 is 9.53 Å². The molecule has 1 fully saturated rings. The monoisotopic (exact) mass is 281 g/mol. The van der Waals surface area contributed by atoms with Crippen LogP contribution in [0.2, 0.25) is 5.02 Å². The number of rotatable bonds is 3. The molecule has 0 aliphatic heterocycles. The van der Waals surface area contributed by atoms with Crippen LogP contribution in [0.4, 0.5) is 0 Å². The summed E-state index contributed by atoms with van der Waals surface area (Å²) >= 11 is 7.64. The van der Waals surface area contributed by atoms with Crippen molar-refractivity contribution in [2.24, 2.45) is 0 Å². The molecule has 1 aromatic heterocycles. The molecule has 1 aliphatic rings. The third-order valence-corrected chi connectivity index (χ3v) is 4.93. The van der Waals surface area contributed by atoms with Crippen molar-refractivity contribution in [3.8, 4) is 0 Å². The fourth-order valence-corrected chi connectivity index (χ4v) is 3.51. The Bertz CT molecular complexity index is 618. The van der Waals surface area contributed by atoms with Crippen LogP contribution in [0.15, 0.2) is 18.2 Å². The van der Waals surface area contributed by atoms with Crippen LogP contribution in [-0.2, 0) is 14.9 Å². The Morgan fingerprint density at radius 1 is 1.56 bits per heavy atom. The number of benzene rings is 1. The molecular formula is C13H12ClNO2S. The van der Waals surface area contributed by atoms with Crippen molar-refractivity contribution in [3.63, 3.8) is 0 Å². The molecule has 3 nitrogen and oxygen atoms in total. The van der Waals surface area contributed by atoms with Crippen LogP contribution >= 0.6 is 22.9 Å². The quantitative estimate of drug-likeness (QED) is 0.808. The molecule has 2 aromatic rings. The first-order chi connectivity index (χ1) is 8.67. The van der Waals surface area contributed by atoms with Crippen molar-refractivity contribution in [1.82, 2.24) is 4.98 Å². The molecule has 0 radical (unpaired) electrons. The van der Waals surface area contributed by atoms with Gasteiger partial charge in [0, 0.05) is 0 Å². The number of esters is 1. The van der Waals surface area contributed by atoms with Crippen molar-refractivity contribution in [1.29, 1.82) is 0 Å². The first-order valence-electron chi connectivity index (χ1n) is 5.90. The lowest BCUT2D eigenvalue weighted by Crippen LogP contribution is -2.22. The zero-order valence-electron chi connectivity index (χ0n) is 9.90. The zero-order valence-corrected chi connectivity index (χ0v) is 11.5. The minimum absolute atomic E-state index is 0.153. The van der Waals surface area contributed by atoms with Gasteiger partial charge in [0.15, 0.2) is 0 Å². The Balaban J connectivity index is 2.05. The van der Waals surface area contributed by atoms with Gasteiger partial charge in [0.2, 0.25) is 0 Å². The van der Waals surface area contributed by atoms with Gasteiger partial charge in [-0.25, -0.2) is 4.98 Å². The van der Waals surface area contributed by atoms with E-state index in [9.17, 15) is 4.79 Å². The SMILES string of the molecule is CCOC(=O)C1(c2nc3cccc(Cl)c3s2)CC1. The van der Waals surface area contributed by atoms with E-state index in [1.165, 1.54) is 11.3 Å². The number of hydrogen-bond donors (Lipinski definition) is 0. The van der Waals surface area contributed by atoms with Crippen LogP contribution in [0.5, 0.6) is 0 Å². The molecule has 5 heteroatoms. The Morgan fingerprint density at radius 3 is 2.94 bits per heavy atom. The van der Waals surface area contributed by atoms with Gasteiger partial charge in [0.25, 0.3) is 0 Å². The summed E-state index contributed by atoms with van der Waals surface area (Å²) in [6.07, 6.45) is 1.65. The summed E-state index contributed by atoms with van der Waals surface area (Å²) in [5.41, 5.74) is 0.362. The number of ether oxygens (including phenoxy) is 1. The van der Waals surface area contributed by atoms with Crippen LogP contribution < -0.4 is 0 Å². The van der Waals surface area contributed by atoms with Gasteiger partial charge in [-0.1, -0.05) is 17.7 Å². The Labute approximate surface area is 114 Å². The molecule has 18 heavy (non-hydrogen) atoms. The van der Waals surface area contributed by atoms with E-state index in [0.717, 1.165) is 28.1 Å². The number of carbonyl (C=O) groups excluding carboxylic acids is 1. The number of nitrogens with zero attached hydrogens (tertiary/aromatic N) is 1. The van der Waals surface area contributed by atoms with Crippen molar-refractivity contribution in [2.45, 2.75) is 25.2 Å². The second-order valence-electron chi connectivity index (χ2n) is 4.41. The third kappa shape index (κ3) is 1.71. The van der Waals surface area contributed by atoms with Gasteiger partial charge >= 0.3 is 5.97 Å². The second-order valence-corrected chi connectivity index (χ2v) is 5.82. The van der Waals surface area contributed by atoms with Crippen molar-refractivity contribution in [2.75, 3.05) is 6.61 Å². The summed E-state index contributed by atoms with van der Waals surface area (Å²) in [6, 6.07) is 5.64. The van der Waals surface area contributed by atoms with Gasteiger partial charge in [-0.2, -0.15) is 0 Å². The van der Waals surface area contributed by atoms with Crippen molar-refractivity contribution in [3.05, 3.63) is 28.2 Å². The largest absolute Gasteiger partial charge is 0.465 e. The van der Waals surface area contributed by atoms with Crippen molar-refractivity contribution >= 4 is 39.1 Å². The normalized spacial score (nSPS) is 16.8. The van der Waals surface area contributed by atoms with Crippen LogP contribution in [0.3, 0.4) is 0 Å². The number of thiazole rings is 1. The van der Waals surface area contributed by atoms with Crippen LogP contribution in [0.1, 0.15) is 24.8 Å². The van der Waals surface area contributed by atoms with Gasteiger partial charge in [-0.15, -0.1) is 11.3 Å². The Morgan fingerprint density at radius 2 is 2.33 bits per heavy atom. The highest BCUT2D eigenvalue weighted by Crippen LogP contribution is 2.51. The van der Waals surface area contributed by atoms with E-state index in [-0.39, 0.29) is 5.97 Å². The number of hydrogen-bond acceptors (Lipinski definition) is 4. The summed E-state index contributed by atoms with van der Waals surface area (Å²) in [7, 11) is 0. The highest BCUT2D eigenvalue weighted by molar-refractivity contribution is 7.19. The molecule has 0 N–H and O–H groups in total. The lowest BCUT2D eigenvalue weighted by molar-refractivity contribution is -0.146. The van der Waals surface area contributed by atoms with Gasteiger partial charge in [-0.05, 0) is 31.9 Å². The highest BCUT2D eigenvalue weighted by Gasteiger charge is 2.55. The maximum absolute atomic E-state index is 12.0. The molecule has 0 saturated heterocycles. The fourth-order valence-electron chi connectivity index (χ4n) is 2.02. The van der Waals surface area contributed by atoms with E-state index in [4.69, 9.17) is 16.3 Å². The minimum Gasteiger partial charge on any atom is -0.465 e. The summed E-state index contributed by atoms with van der Waals surface area (Å²) < 4.78 is 6.09. The number of halogens is 1.